The van der Waals surface area contributed by atoms with Gasteiger partial charge in [0.25, 0.3) is 0 Å². The highest BCUT2D eigenvalue weighted by atomic mass is 15.1. The Hall–Kier alpha value is -7.88. The molecule has 10 aromatic rings. The summed E-state index contributed by atoms with van der Waals surface area (Å²) >= 11 is 0. The van der Waals surface area contributed by atoms with E-state index < -0.39 is 0 Å². The van der Waals surface area contributed by atoms with Crippen molar-refractivity contribution >= 4 is 27.8 Å². The topological polar surface area (TPSA) is 29.0 Å². The maximum absolute atomic E-state index is 5.16. The van der Waals surface area contributed by atoms with Crippen LogP contribution in [0.2, 0.25) is 0 Å². The SMILES string of the molecule is c1ccc(-c2ccc(-c3cc(-c4ccc(-c5ccc(N(c6ccccc6)c6cccc7ccccc67)cc5)cc4)nc(-c4ccc(-c5ccccc5)cc4)n3)cc2)cc1. The molecule has 1 heterocycles. The van der Waals surface area contributed by atoms with Crippen molar-refractivity contribution in [2.75, 3.05) is 4.90 Å². The smallest absolute Gasteiger partial charge is 0.160 e. The van der Waals surface area contributed by atoms with Gasteiger partial charge in [-0.15, -0.1) is 0 Å². The van der Waals surface area contributed by atoms with E-state index in [4.69, 9.17) is 9.97 Å². The first-order chi connectivity index (χ1) is 29.2. The van der Waals surface area contributed by atoms with Crippen molar-refractivity contribution in [2.45, 2.75) is 0 Å². The van der Waals surface area contributed by atoms with Crippen LogP contribution in [0, 0.1) is 0 Å². The molecule has 10 rings (SSSR count). The monoisotopic (exact) mass is 753 g/mol. The van der Waals surface area contributed by atoms with Crippen molar-refractivity contribution in [3.05, 3.63) is 237 Å². The average Bonchev–Trinajstić information content (AvgIpc) is 3.33. The van der Waals surface area contributed by atoms with E-state index >= 15 is 0 Å². The second-order valence-corrected chi connectivity index (χ2v) is 14.6. The summed E-state index contributed by atoms with van der Waals surface area (Å²) < 4.78 is 0. The second kappa shape index (κ2) is 15.9. The molecule has 3 heteroatoms. The number of aromatic nitrogens is 2. The van der Waals surface area contributed by atoms with Crippen LogP contribution < -0.4 is 4.90 Å². The lowest BCUT2D eigenvalue weighted by Crippen LogP contribution is -2.10. The average molecular weight is 754 g/mol. The molecule has 0 saturated carbocycles. The predicted molar refractivity (Wildman–Crippen MR) is 247 cm³/mol. The fourth-order valence-electron chi connectivity index (χ4n) is 7.82. The number of fused-ring (bicyclic) bond motifs is 1. The normalized spacial score (nSPS) is 11.1. The Morgan fingerprint density at radius 1 is 0.271 bits per heavy atom. The van der Waals surface area contributed by atoms with Crippen LogP contribution in [0.5, 0.6) is 0 Å². The molecule has 59 heavy (non-hydrogen) atoms. The minimum absolute atomic E-state index is 0.693. The molecule has 0 saturated heterocycles. The van der Waals surface area contributed by atoms with E-state index in [1.54, 1.807) is 0 Å². The molecular formula is C56H39N3. The van der Waals surface area contributed by atoms with Gasteiger partial charge in [-0.05, 0) is 75.2 Å². The first-order valence-corrected chi connectivity index (χ1v) is 20.0. The largest absolute Gasteiger partial charge is 0.310 e. The van der Waals surface area contributed by atoms with Gasteiger partial charge < -0.3 is 4.90 Å². The van der Waals surface area contributed by atoms with E-state index in [2.05, 4.69) is 229 Å². The van der Waals surface area contributed by atoms with E-state index in [-0.39, 0.29) is 0 Å². The van der Waals surface area contributed by atoms with Crippen LogP contribution in [0.15, 0.2) is 237 Å². The van der Waals surface area contributed by atoms with Crippen molar-refractivity contribution in [3.63, 3.8) is 0 Å². The van der Waals surface area contributed by atoms with Crippen molar-refractivity contribution in [2.24, 2.45) is 0 Å². The molecule has 1 aromatic heterocycles. The molecule has 0 radical (unpaired) electrons. The maximum atomic E-state index is 5.16. The Morgan fingerprint density at radius 2 is 0.644 bits per heavy atom. The van der Waals surface area contributed by atoms with Gasteiger partial charge in [0.1, 0.15) is 0 Å². The van der Waals surface area contributed by atoms with Gasteiger partial charge in [-0.2, -0.15) is 0 Å². The molecular weight excluding hydrogens is 715 g/mol. The number of hydrogen-bond acceptors (Lipinski definition) is 3. The van der Waals surface area contributed by atoms with Crippen LogP contribution in [0.4, 0.5) is 17.1 Å². The Bertz CT molecular complexity index is 2870. The zero-order valence-electron chi connectivity index (χ0n) is 32.4. The van der Waals surface area contributed by atoms with Crippen molar-refractivity contribution in [1.82, 2.24) is 9.97 Å². The summed E-state index contributed by atoms with van der Waals surface area (Å²) in [7, 11) is 0. The van der Waals surface area contributed by atoms with E-state index in [1.165, 1.54) is 27.5 Å². The van der Waals surface area contributed by atoms with Gasteiger partial charge in [0, 0.05) is 33.5 Å². The number of benzene rings is 9. The van der Waals surface area contributed by atoms with E-state index in [0.29, 0.717) is 5.82 Å². The molecule has 0 fully saturated rings. The Morgan fingerprint density at radius 3 is 1.17 bits per heavy atom. The fourth-order valence-corrected chi connectivity index (χ4v) is 7.82. The molecule has 0 aliphatic carbocycles. The van der Waals surface area contributed by atoms with E-state index in [0.717, 1.165) is 61.8 Å². The van der Waals surface area contributed by atoms with Crippen molar-refractivity contribution in [3.8, 4) is 67.3 Å². The lowest BCUT2D eigenvalue weighted by Gasteiger charge is -2.27. The number of nitrogens with zero attached hydrogens (tertiary/aromatic N) is 3. The number of hydrogen-bond donors (Lipinski definition) is 0. The van der Waals surface area contributed by atoms with E-state index in [9.17, 15) is 0 Å². The quantitative estimate of drug-likeness (QED) is 0.147. The van der Waals surface area contributed by atoms with Gasteiger partial charge in [0.15, 0.2) is 5.82 Å². The Balaban J connectivity index is 0.983. The van der Waals surface area contributed by atoms with Gasteiger partial charge in [-0.3, -0.25) is 0 Å². The molecule has 278 valence electrons. The molecule has 0 bridgehead atoms. The summed E-state index contributed by atoms with van der Waals surface area (Å²) in [5.74, 6) is 0.693. The third kappa shape index (κ3) is 7.41. The number of rotatable bonds is 9. The number of anilines is 3. The van der Waals surface area contributed by atoms with Gasteiger partial charge >= 0.3 is 0 Å². The molecule has 9 aromatic carbocycles. The number of para-hydroxylation sites is 1. The highest BCUT2D eigenvalue weighted by molar-refractivity contribution is 5.99. The summed E-state index contributed by atoms with van der Waals surface area (Å²) in [6, 6.07) is 83.4. The summed E-state index contributed by atoms with van der Waals surface area (Å²) in [6.45, 7) is 0. The van der Waals surface area contributed by atoms with Crippen LogP contribution in [0.3, 0.4) is 0 Å². The molecule has 0 amide bonds. The van der Waals surface area contributed by atoms with Gasteiger partial charge in [-0.1, -0.05) is 200 Å². The van der Waals surface area contributed by atoms with Gasteiger partial charge in [-0.25, -0.2) is 9.97 Å². The summed E-state index contributed by atoms with van der Waals surface area (Å²) in [6.07, 6.45) is 0. The Kier molecular flexibility index (Phi) is 9.59. The molecule has 0 aliphatic heterocycles. The van der Waals surface area contributed by atoms with Crippen molar-refractivity contribution in [1.29, 1.82) is 0 Å². The molecule has 0 spiro atoms. The van der Waals surface area contributed by atoms with Crippen LogP contribution in [-0.4, -0.2) is 9.97 Å². The fraction of sp³-hybridized carbons (Fsp3) is 0. The first-order valence-electron chi connectivity index (χ1n) is 20.0. The summed E-state index contributed by atoms with van der Waals surface area (Å²) in [4.78, 5) is 12.6. The summed E-state index contributed by atoms with van der Waals surface area (Å²) in [5.41, 5.74) is 15.1. The molecule has 0 atom stereocenters. The molecule has 0 unspecified atom stereocenters. The van der Waals surface area contributed by atoms with Crippen LogP contribution >= 0.6 is 0 Å². The minimum atomic E-state index is 0.693. The molecule has 3 nitrogen and oxygen atoms in total. The standard InChI is InChI=1S/C56H39N3/c1-4-13-40(14-5-1)42-23-29-47(30-24-42)53-39-54(58-56(57-53)49-33-27-43(28-34-49)41-15-6-2-7-16-41)48-31-25-44(26-32-48)45-35-37-51(38-36-45)59(50-19-8-3-9-20-50)55-22-12-18-46-17-10-11-21-52(46)55/h1-39H. The predicted octanol–water partition coefficient (Wildman–Crippen LogP) is 15.1. The lowest BCUT2D eigenvalue weighted by atomic mass is 10.00. The minimum Gasteiger partial charge on any atom is -0.310 e. The third-order valence-corrected chi connectivity index (χ3v) is 10.9. The molecule has 0 aliphatic rings. The highest BCUT2D eigenvalue weighted by Crippen LogP contribution is 2.40. The maximum Gasteiger partial charge on any atom is 0.160 e. The van der Waals surface area contributed by atoms with Crippen LogP contribution in [-0.2, 0) is 0 Å². The van der Waals surface area contributed by atoms with Crippen LogP contribution in [0.25, 0.3) is 78.1 Å². The van der Waals surface area contributed by atoms with Crippen molar-refractivity contribution < 1.29 is 0 Å². The first kappa shape index (κ1) is 35.5. The Labute approximate surface area is 345 Å². The summed E-state index contributed by atoms with van der Waals surface area (Å²) in [5, 5.41) is 2.43. The van der Waals surface area contributed by atoms with E-state index in [1.807, 2.05) is 12.1 Å². The highest BCUT2D eigenvalue weighted by Gasteiger charge is 2.16. The zero-order chi connectivity index (χ0) is 39.4. The second-order valence-electron chi connectivity index (χ2n) is 14.6. The van der Waals surface area contributed by atoms with Gasteiger partial charge in [0.05, 0.1) is 17.1 Å². The zero-order valence-corrected chi connectivity index (χ0v) is 32.4. The van der Waals surface area contributed by atoms with Crippen LogP contribution in [0.1, 0.15) is 0 Å². The lowest BCUT2D eigenvalue weighted by molar-refractivity contribution is 1.18. The van der Waals surface area contributed by atoms with Gasteiger partial charge in [0.2, 0.25) is 0 Å². The molecule has 0 N–H and O–H groups in total. The third-order valence-electron chi connectivity index (χ3n) is 10.9.